The second-order valence-electron chi connectivity index (χ2n) is 5.77. The fourth-order valence-electron chi connectivity index (χ4n) is 2.61. The van der Waals surface area contributed by atoms with E-state index in [2.05, 4.69) is 11.8 Å². The van der Waals surface area contributed by atoms with Gasteiger partial charge in [-0.1, -0.05) is 19.1 Å². The van der Waals surface area contributed by atoms with Gasteiger partial charge in [0.05, 0.1) is 0 Å². The third-order valence-corrected chi connectivity index (χ3v) is 4.06. The number of benzene rings is 1. The molecule has 1 amide bonds. The number of carbonyl (C=O) groups excluding carboxylic acids is 1. The summed E-state index contributed by atoms with van der Waals surface area (Å²) in [6.07, 6.45) is 0.490. The van der Waals surface area contributed by atoms with Crippen LogP contribution in [0.3, 0.4) is 0 Å². The van der Waals surface area contributed by atoms with Gasteiger partial charge in [-0.2, -0.15) is 0 Å². The molecule has 1 atom stereocenters. The van der Waals surface area contributed by atoms with Crippen molar-refractivity contribution in [2.75, 3.05) is 39.3 Å². The summed E-state index contributed by atoms with van der Waals surface area (Å²) in [6, 6.07) is 7.97. The van der Waals surface area contributed by atoms with Gasteiger partial charge in [0.2, 0.25) is 5.91 Å². The summed E-state index contributed by atoms with van der Waals surface area (Å²) in [4.78, 5) is 15.3. The highest BCUT2D eigenvalue weighted by Gasteiger charge is 2.20. The van der Waals surface area contributed by atoms with Crippen molar-refractivity contribution in [3.8, 4) is 5.75 Å². The molecule has 1 heterocycles. The van der Waals surface area contributed by atoms with Crippen molar-refractivity contribution < 1.29 is 14.6 Å². The lowest BCUT2D eigenvalue weighted by molar-refractivity contribution is -0.130. The number of β-amino-alcohol motifs (C(OH)–C–C–N with tert-alkyl or cyclic N) is 1. The topological polar surface area (TPSA) is 53.0 Å². The first-order valence-electron chi connectivity index (χ1n) is 7.96. The van der Waals surface area contributed by atoms with Gasteiger partial charge in [-0.3, -0.25) is 9.69 Å². The Bertz CT molecular complexity index is 467. The van der Waals surface area contributed by atoms with Crippen LogP contribution in [0.15, 0.2) is 24.3 Å². The van der Waals surface area contributed by atoms with Crippen LogP contribution in [0.4, 0.5) is 0 Å². The highest BCUT2D eigenvalue weighted by molar-refractivity contribution is 5.73. The third kappa shape index (κ3) is 5.00. The summed E-state index contributed by atoms with van der Waals surface area (Å²) < 4.78 is 5.63. The van der Waals surface area contributed by atoms with Crippen molar-refractivity contribution in [1.29, 1.82) is 0 Å². The van der Waals surface area contributed by atoms with E-state index in [1.54, 1.807) is 6.92 Å². The van der Waals surface area contributed by atoms with Crippen LogP contribution in [-0.2, 0) is 11.2 Å². The molecular weight excluding hydrogens is 280 g/mol. The van der Waals surface area contributed by atoms with Crippen molar-refractivity contribution >= 4 is 5.91 Å². The van der Waals surface area contributed by atoms with E-state index < -0.39 is 6.10 Å². The monoisotopic (exact) mass is 306 g/mol. The Labute approximate surface area is 132 Å². The molecule has 1 aliphatic rings. The molecule has 2 rings (SSSR count). The molecule has 1 saturated heterocycles. The van der Waals surface area contributed by atoms with Crippen LogP contribution >= 0.6 is 0 Å². The minimum Gasteiger partial charge on any atom is -0.491 e. The van der Waals surface area contributed by atoms with E-state index in [-0.39, 0.29) is 5.91 Å². The number of aryl methyl sites for hydroxylation is 1. The SMILES string of the molecule is CCc1ccc(OCC(O)CN2CCN(C(C)=O)CC2)cc1. The van der Waals surface area contributed by atoms with Crippen LogP contribution in [0.1, 0.15) is 19.4 Å². The van der Waals surface area contributed by atoms with Gasteiger partial charge in [-0.25, -0.2) is 0 Å². The zero-order chi connectivity index (χ0) is 15.9. The zero-order valence-corrected chi connectivity index (χ0v) is 13.5. The van der Waals surface area contributed by atoms with E-state index in [1.165, 1.54) is 5.56 Å². The molecule has 0 saturated carbocycles. The molecule has 122 valence electrons. The summed E-state index contributed by atoms with van der Waals surface area (Å²) in [6.45, 7) is 7.68. The number of amides is 1. The molecule has 0 aliphatic carbocycles. The Morgan fingerprint density at radius 3 is 2.41 bits per heavy atom. The standard InChI is InChI=1S/C17H26N2O3/c1-3-15-4-6-17(7-5-15)22-13-16(21)12-18-8-10-19(11-9-18)14(2)20/h4-7,16,21H,3,8-13H2,1-2H3. The normalized spacial score (nSPS) is 17.3. The van der Waals surface area contributed by atoms with Gasteiger partial charge in [-0.05, 0) is 24.1 Å². The van der Waals surface area contributed by atoms with Gasteiger partial charge >= 0.3 is 0 Å². The fourth-order valence-corrected chi connectivity index (χ4v) is 2.61. The number of carbonyl (C=O) groups is 1. The van der Waals surface area contributed by atoms with E-state index in [9.17, 15) is 9.90 Å². The molecule has 5 nitrogen and oxygen atoms in total. The summed E-state index contributed by atoms with van der Waals surface area (Å²) in [7, 11) is 0. The number of nitrogens with zero attached hydrogens (tertiary/aromatic N) is 2. The highest BCUT2D eigenvalue weighted by atomic mass is 16.5. The maximum Gasteiger partial charge on any atom is 0.219 e. The van der Waals surface area contributed by atoms with Gasteiger partial charge in [-0.15, -0.1) is 0 Å². The van der Waals surface area contributed by atoms with Gasteiger partial charge in [0, 0.05) is 39.6 Å². The maximum absolute atomic E-state index is 11.3. The molecular formula is C17H26N2O3. The molecule has 5 heteroatoms. The van der Waals surface area contributed by atoms with Gasteiger partial charge in [0.15, 0.2) is 0 Å². The van der Waals surface area contributed by atoms with Crippen LogP contribution in [0.5, 0.6) is 5.75 Å². The quantitative estimate of drug-likeness (QED) is 0.857. The van der Waals surface area contributed by atoms with Crippen molar-refractivity contribution in [3.05, 3.63) is 29.8 Å². The van der Waals surface area contributed by atoms with Crippen LogP contribution in [-0.4, -0.2) is 66.2 Å². The van der Waals surface area contributed by atoms with Gasteiger partial charge in [0.1, 0.15) is 18.5 Å². The number of rotatable bonds is 6. The first-order chi connectivity index (χ1) is 10.6. The lowest BCUT2D eigenvalue weighted by atomic mass is 10.2. The fraction of sp³-hybridized carbons (Fsp3) is 0.588. The number of hydrogen-bond acceptors (Lipinski definition) is 4. The number of aliphatic hydroxyl groups excluding tert-OH is 1. The van der Waals surface area contributed by atoms with Crippen molar-refractivity contribution in [2.24, 2.45) is 0 Å². The maximum atomic E-state index is 11.3. The third-order valence-electron chi connectivity index (χ3n) is 4.06. The van der Waals surface area contributed by atoms with E-state index in [4.69, 9.17) is 4.74 Å². The van der Waals surface area contributed by atoms with E-state index in [0.29, 0.717) is 13.2 Å². The Balaban J connectivity index is 1.69. The molecule has 0 aromatic heterocycles. The summed E-state index contributed by atoms with van der Waals surface area (Å²) >= 11 is 0. The van der Waals surface area contributed by atoms with Crippen LogP contribution in [0.25, 0.3) is 0 Å². The molecule has 1 aromatic carbocycles. The number of aliphatic hydroxyl groups is 1. The molecule has 1 N–H and O–H groups in total. The zero-order valence-electron chi connectivity index (χ0n) is 13.5. The highest BCUT2D eigenvalue weighted by Crippen LogP contribution is 2.13. The number of ether oxygens (including phenoxy) is 1. The Morgan fingerprint density at radius 1 is 1.23 bits per heavy atom. The van der Waals surface area contributed by atoms with E-state index in [0.717, 1.165) is 38.3 Å². The molecule has 1 aromatic rings. The van der Waals surface area contributed by atoms with Gasteiger partial charge in [0.25, 0.3) is 0 Å². The minimum absolute atomic E-state index is 0.124. The predicted octanol–water partition coefficient (Wildman–Crippen LogP) is 1.15. The molecule has 1 aliphatic heterocycles. The Morgan fingerprint density at radius 2 is 1.86 bits per heavy atom. The molecule has 1 fully saturated rings. The summed E-state index contributed by atoms with van der Waals surface area (Å²) in [5.41, 5.74) is 1.27. The van der Waals surface area contributed by atoms with E-state index >= 15 is 0 Å². The smallest absolute Gasteiger partial charge is 0.219 e. The Hall–Kier alpha value is -1.59. The Kier molecular flexibility index (Phi) is 6.21. The van der Waals surface area contributed by atoms with Crippen LogP contribution < -0.4 is 4.74 Å². The van der Waals surface area contributed by atoms with Crippen molar-refractivity contribution in [1.82, 2.24) is 9.80 Å². The van der Waals surface area contributed by atoms with Crippen molar-refractivity contribution in [3.63, 3.8) is 0 Å². The summed E-state index contributed by atoms with van der Waals surface area (Å²) in [5.74, 6) is 0.914. The van der Waals surface area contributed by atoms with Crippen LogP contribution in [0.2, 0.25) is 0 Å². The average Bonchev–Trinajstić information content (AvgIpc) is 2.54. The lowest BCUT2D eigenvalue weighted by Gasteiger charge is -2.35. The van der Waals surface area contributed by atoms with Crippen LogP contribution in [0, 0.1) is 0 Å². The summed E-state index contributed by atoms with van der Waals surface area (Å²) in [5, 5.41) is 10.1. The second kappa shape index (κ2) is 8.15. The first kappa shape index (κ1) is 16.8. The largest absolute Gasteiger partial charge is 0.491 e. The first-order valence-corrected chi connectivity index (χ1v) is 7.96. The average molecular weight is 306 g/mol. The lowest BCUT2D eigenvalue weighted by Crippen LogP contribution is -2.50. The molecule has 0 radical (unpaired) electrons. The van der Waals surface area contributed by atoms with Crippen molar-refractivity contribution in [2.45, 2.75) is 26.4 Å². The second-order valence-corrected chi connectivity index (χ2v) is 5.77. The minimum atomic E-state index is -0.519. The predicted molar refractivity (Wildman–Crippen MR) is 86.0 cm³/mol. The molecule has 1 unspecified atom stereocenters. The molecule has 0 bridgehead atoms. The van der Waals surface area contributed by atoms with Gasteiger partial charge < -0.3 is 14.7 Å². The molecule has 22 heavy (non-hydrogen) atoms. The van der Waals surface area contributed by atoms with E-state index in [1.807, 2.05) is 29.2 Å². The number of piperazine rings is 1. The molecule has 0 spiro atoms. The number of hydrogen-bond donors (Lipinski definition) is 1.